The van der Waals surface area contributed by atoms with Crippen molar-refractivity contribution in [2.45, 2.75) is 38.2 Å². The average Bonchev–Trinajstić information content (AvgIpc) is 2.60. The Morgan fingerprint density at radius 2 is 1.58 bits per heavy atom. The smallest absolute Gasteiger partial charge is 0.115 e. The Hall–Kier alpha value is -1.60. The van der Waals surface area contributed by atoms with Crippen LogP contribution in [0.2, 0.25) is 0 Å². The van der Waals surface area contributed by atoms with E-state index in [4.69, 9.17) is 0 Å². The molecule has 2 aromatic rings. The number of hydrogen-bond acceptors (Lipinski definition) is 1. The fourth-order valence-electron chi connectivity index (χ4n) is 3.29. The first kappa shape index (κ1) is 12.4. The molecule has 2 aromatic carbocycles. The van der Waals surface area contributed by atoms with Gasteiger partial charge in [0, 0.05) is 0 Å². The third-order valence-electron chi connectivity index (χ3n) is 4.29. The van der Waals surface area contributed by atoms with Crippen molar-refractivity contribution in [1.82, 2.24) is 0 Å². The molecule has 0 saturated heterocycles. The van der Waals surface area contributed by atoms with Gasteiger partial charge in [0.05, 0.1) is 0 Å². The van der Waals surface area contributed by atoms with Gasteiger partial charge in [-0.3, -0.25) is 0 Å². The molecule has 0 heterocycles. The average molecular weight is 252 g/mol. The maximum absolute atomic E-state index is 11.4. The van der Waals surface area contributed by atoms with Gasteiger partial charge in [-0.1, -0.05) is 48.5 Å². The molecule has 1 aliphatic rings. The molecule has 1 nitrogen and oxygen atoms in total. The van der Waals surface area contributed by atoms with Gasteiger partial charge in [0.2, 0.25) is 0 Å². The summed E-state index contributed by atoms with van der Waals surface area (Å²) in [5.74, 6) is 0. The van der Waals surface area contributed by atoms with Gasteiger partial charge in [-0.15, -0.1) is 0 Å². The van der Waals surface area contributed by atoms with Crippen LogP contribution >= 0.6 is 0 Å². The summed E-state index contributed by atoms with van der Waals surface area (Å²) >= 11 is 0. The van der Waals surface area contributed by atoms with Crippen LogP contribution in [0.1, 0.15) is 41.5 Å². The lowest BCUT2D eigenvalue weighted by molar-refractivity contribution is 0.0698. The summed E-state index contributed by atoms with van der Waals surface area (Å²) in [7, 11) is 0. The minimum absolute atomic E-state index is 0.814. The zero-order chi connectivity index (χ0) is 13.3. The van der Waals surface area contributed by atoms with E-state index in [1.54, 1.807) is 0 Å². The van der Waals surface area contributed by atoms with Crippen LogP contribution < -0.4 is 0 Å². The molecule has 0 spiro atoms. The van der Waals surface area contributed by atoms with Crippen molar-refractivity contribution in [3.63, 3.8) is 0 Å². The highest BCUT2D eigenvalue weighted by atomic mass is 16.3. The summed E-state index contributed by atoms with van der Waals surface area (Å²) in [6, 6.07) is 16.6. The largest absolute Gasteiger partial charge is 0.380 e. The maximum Gasteiger partial charge on any atom is 0.115 e. The third kappa shape index (κ3) is 2.08. The molecule has 1 atom stereocenters. The van der Waals surface area contributed by atoms with Crippen molar-refractivity contribution in [2.75, 3.05) is 0 Å². The third-order valence-corrected chi connectivity index (χ3v) is 4.29. The van der Waals surface area contributed by atoms with Gasteiger partial charge in [0.15, 0.2) is 0 Å². The Bertz CT molecular complexity index is 588. The molecule has 1 aliphatic carbocycles. The van der Waals surface area contributed by atoms with E-state index in [1.165, 1.54) is 11.1 Å². The van der Waals surface area contributed by atoms with E-state index in [9.17, 15) is 5.11 Å². The van der Waals surface area contributed by atoms with Gasteiger partial charge in [0.25, 0.3) is 0 Å². The van der Waals surface area contributed by atoms with Gasteiger partial charge in [-0.25, -0.2) is 0 Å². The Morgan fingerprint density at radius 3 is 2.37 bits per heavy atom. The molecule has 0 aliphatic heterocycles. The minimum atomic E-state index is -0.821. The number of fused-ring (bicyclic) bond motifs is 1. The van der Waals surface area contributed by atoms with Gasteiger partial charge in [0.1, 0.15) is 5.60 Å². The molecule has 0 amide bonds. The summed E-state index contributed by atoms with van der Waals surface area (Å²) in [6.45, 7) is 2.08. The van der Waals surface area contributed by atoms with Crippen molar-refractivity contribution in [1.29, 1.82) is 0 Å². The van der Waals surface area contributed by atoms with Crippen molar-refractivity contribution < 1.29 is 5.11 Å². The maximum atomic E-state index is 11.4. The van der Waals surface area contributed by atoms with Crippen molar-refractivity contribution >= 4 is 0 Å². The first-order chi connectivity index (χ1) is 9.22. The number of rotatable bonds is 1. The highest BCUT2D eigenvalue weighted by molar-refractivity contribution is 5.44. The number of benzene rings is 2. The number of aliphatic hydroxyl groups is 1. The fraction of sp³-hybridized carbons (Fsp3) is 0.333. The summed E-state index contributed by atoms with van der Waals surface area (Å²) in [5, 5.41) is 11.4. The summed E-state index contributed by atoms with van der Waals surface area (Å²) in [5.41, 5.74) is 3.80. The quantitative estimate of drug-likeness (QED) is 0.762. The van der Waals surface area contributed by atoms with Crippen LogP contribution in [0.25, 0.3) is 0 Å². The Labute approximate surface area is 114 Å². The molecule has 3 rings (SSSR count). The minimum Gasteiger partial charge on any atom is -0.380 e. The Morgan fingerprint density at radius 1 is 0.895 bits per heavy atom. The molecular weight excluding hydrogens is 232 g/mol. The highest BCUT2D eigenvalue weighted by Gasteiger charge is 2.35. The predicted octanol–water partition coefficient (Wildman–Crippen LogP) is 3.96. The number of hydrogen-bond donors (Lipinski definition) is 1. The molecule has 0 aromatic heterocycles. The van der Waals surface area contributed by atoms with E-state index < -0.39 is 5.60 Å². The van der Waals surface area contributed by atoms with Crippen molar-refractivity contribution in [3.8, 4) is 0 Å². The lowest BCUT2D eigenvalue weighted by atomic mass is 9.80. The molecule has 0 fully saturated rings. The van der Waals surface area contributed by atoms with Crippen LogP contribution in [0.4, 0.5) is 0 Å². The summed E-state index contributed by atoms with van der Waals surface area (Å²) < 4.78 is 0. The summed E-state index contributed by atoms with van der Waals surface area (Å²) in [6.07, 6.45) is 4.12. The van der Waals surface area contributed by atoms with E-state index in [0.29, 0.717) is 0 Å². The monoisotopic (exact) mass is 252 g/mol. The Balaban J connectivity index is 2.20. The van der Waals surface area contributed by atoms with Gasteiger partial charge in [-0.2, -0.15) is 0 Å². The SMILES string of the molecule is Cc1ccccc1C1(O)CCCCc2ccccc21. The van der Waals surface area contributed by atoms with E-state index in [-0.39, 0.29) is 0 Å². The first-order valence-corrected chi connectivity index (χ1v) is 7.09. The van der Waals surface area contributed by atoms with Crippen molar-refractivity contribution in [2.24, 2.45) is 0 Å². The second-order valence-electron chi connectivity index (χ2n) is 5.54. The first-order valence-electron chi connectivity index (χ1n) is 7.09. The Kier molecular flexibility index (Phi) is 3.16. The normalized spacial score (nSPS) is 22.6. The molecule has 1 unspecified atom stereocenters. The van der Waals surface area contributed by atoms with Gasteiger partial charge in [-0.05, 0) is 54.9 Å². The summed E-state index contributed by atoms with van der Waals surface area (Å²) in [4.78, 5) is 0. The van der Waals surface area contributed by atoms with Crippen molar-refractivity contribution in [3.05, 3.63) is 70.8 Å². The lowest BCUT2D eigenvalue weighted by Crippen LogP contribution is -2.28. The van der Waals surface area contributed by atoms with E-state index in [1.807, 2.05) is 18.2 Å². The van der Waals surface area contributed by atoms with Crippen LogP contribution in [-0.4, -0.2) is 5.11 Å². The van der Waals surface area contributed by atoms with Crippen LogP contribution in [0.3, 0.4) is 0 Å². The predicted molar refractivity (Wildman–Crippen MR) is 78.2 cm³/mol. The molecule has 0 radical (unpaired) electrons. The van der Waals surface area contributed by atoms with Gasteiger partial charge >= 0.3 is 0 Å². The second kappa shape index (κ2) is 4.82. The van der Waals surface area contributed by atoms with E-state index in [2.05, 4.69) is 37.3 Å². The van der Waals surface area contributed by atoms with Gasteiger partial charge < -0.3 is 5.11 Å². The molecule has 19 heavy (non-hydrogen) atoms. The molecular formula is C18H20O. The zero-order valence-electron chi connectivity index (χ0n) is 11.4. The van der Waals surface area contributed by atoms with Crippen LogP contribution in [0, 0.1) is 6.92 Å². The molecule has 98 valence electrons. The van der Waals surface area contributed by atoms with E-state index >= 15 is 0 Å². The zero-order valence-corrected chi connectivity index (χ0v) is 11.4. The van der Waals surface area contributed by atoms with E-state index in [0.717, 1.165) is 36.8 Å². The molecule has 0 saturated carbocycles. The van der Waals surface area contributed by atoms with Crippen LogP contribution in [-0.2, 0) is 12.0 Å². The highest BCUT2D eigenvalue weighted by Crippen LogP contribution is 2.40. The number of aryl methyl sites for hydroxylation is 2. The lowest BCUT2D eigenvalue weighted by Gasteiger charge is -2.31. The molecule has 0 bridgehead atoms. The fourth-order valence-corrected chi connectivity index (χ4v) is 3.29. The molecule has 1 N–H and O–H groups in total. The standard InChI is InChI=1S/C18H20O/c1-14-8-2-4-11-16(14)18(19)13-7-6-10-15-9-3-5-12-17(15)18/h2-5,8-9,11-12,19H,6-7,10,13H2,1H3. The van der Waals surface area contributed by atoms with Crippen LogP contribution in [0.5, 0.6) is 0 Å². The molecule has 1 heteroatoms. The topological polar surface area (TPSA) is 20.2 Å². The second-order valence-corrected chi connectivity index (χ2v) is 5.54. The van der Waals surface area contributed by atoms with Crippen LogP contribution in [0.15, 0.2) is 48.5 Å².